The lowest BCUT2D eigenvalue weighted by Crippen LogP contribution is -2.31. The van der Waals surface area contributed by atoms with Crippen molar-refractivity contribution in [2.75, 3.05) is 18.4 Å². The molecule has 8 nitrogen and oxygen atoms in total. The molecule has 1 N–H and O–H groups in total. The Hall–Kier alpha value is -2.95. The Morgan fingerprint density at radius 3 is 2.33 bits per heavy atom. The summed E-state index contributed by atoms with van der Waals surface area (Å²) in [7, 11) is -3.54. The van der Waals surface area contributed by atoms with Crippen molar-refractivity contribution >= 4 is 49.9 Å². The van der Waals surface area contributed by atoms with E-state index in [1.54, 1.807) is 28.6 Å². The number of benzene rings is 2. The molecule has 1 atom stereocenters. The number of aryl methyl sites for hydroxylation is 3. The smallest absolute Gasteiger partial charge is 0.243 e. The van der Waals surface area contributed by atoms with Gasteiger partial charge in [-0.05, 0) is 87.6 Å². The van der Waals surface area contributed by atoms with Gasteiger partial charge in [0, 0.05) is 24.2 Å². The third-order valence-corrected chi connectivity index (χ3v) is 10.6. The number of nitrogens with one attached hydrogen (secondary N) is 1. The highest BCUT2D eigenvalue weighted by molar-refractivity contribution is 8.00. The molecule has 1 aliphatic heterocycles. The van der Waals surface area contributed by atoms with Gasteiger partial charge in [0.1, 0.15) is 0 Å². The fourth-order valence-electron chi connectivity index (χ4n) is 5.30. The lowest BCUT2D eigenvalue weighted by molar-refractivity contribution is -0.115. The summed E-state index contributed by atoms with van der Waals surface area (Å²) in [4.78, 5) is 13.5. The monoisotopic (exact) mass is 565 g/mol. The molecule has 0 aliphatic carbocycles. The Labute approximate surface area is 234 Å². The van der Waals surface area contributed by atoms with E-state index in [9.17, 15) is 13.2 Å². The predicted molar refractivity (Wildman–Crippen MR) is 157 cm³/mol. The molecule has 10 heteroatoms. The van der Waals surface area contributed by atoms with Crippen LogP contribution in [-0.2, 0) is 14.8 Å². The number of amides is 1. The first-order valence-electron chi connectivity index (χ1n) is 13.5. The molecule has 4 aromatic rings. The first-order chi connectivity index (χ1) is 18.7. The van der Waals surface area contributed by atoms with Crippen LogP contribution in [0.4, 0.5) is 5.69 Å². The number of thioether (sulfide) groups is 1. The van der Waals surface area contributed by atoms with Crippen LogP contribution in [0.5, 0.6) is 0 Å². The number of rotatable bonds is 7. The molecule has 0 radical (unpaired) electrons. The maximum Gasteiger partial charge on any atom is 0.243 e. The Morgan fingerprint density at radius 2 is 1.67 bits per heavy atom. The van der Waals surface area contributed by atoms with Gasteiger partial charge in [0.05, 0.1) is 15.7 Å². The molecule has 1 aliphatic rings. The number of carbonyl (C=O) groups excluding carboxylic acids is 1. The van der Waals surface area contributed by atoms with E-state index in [4.69, 9.17) is 0 Å². The number of sulfonamides is 1. The number of hydrogen-bond donors (Lipinski definition) is 1. The van der Waals surface area contributed by atoms with Crippen molar-refractivity contribution in [1.82, 2.24) is 18.9 Å². The van der Waals surface area contributed by atoms with Gasteiger partial charge in [0.15, 0.2) is 10.8 Å². The molecule has 0 spiro atoms. The number of fused-ring (bicyclic) bond motifs is 3. The van der Waals surface area contributed by atoms with Crippen molar-refractivity contribution < 1.29 is 13.2 Å². The van der Waals surface area contributed by atoms with E-state index in [0.29, 0.717) is 30.4 Å². The molecular formula is C29H35N5O3S2. The van der Waals surface area contributed by atoms with Crippen molar-refractivity contribution in [1.29, 1.82) is 0 Å². The second-order valence-corrected chi connectivity index (χ2v) is 13.4. The summed E-state index contributed by atoms with van der Waals surface area (Å²) in [6, 6.07) is 12.8. The third-order valence-electron chi connectivity index (χ3n) is 7.33. The number of hydrogen-bond acceptors (Lipinski definition) is 6. The fraction of sp³-hybridized carbons (Fsp3) is 0.414. The highest BCUT2D eigenvalue weighted by Gasteiger charge is 2.26. The van der Waals surface area contributed by atoms with Crippen LogP contribution < -0.4 is 5.32 Å². The molecule has 0 bridgehead atoms. The Balaban J connectivity index is 1.35. The standard InChI is InChI=1S/C29H35N5O3S2/c1-5-25(38-29-32-31-26-18-20(3)24-17-19(2)16-21(4)27(24)34(26)29)28(35)30-22-10-12-23(13-11-22)39(36,37)33-14-8-6-7-9-15-33/h10-13,16-18,25H,5-9,14-15H2,1-4H3,(H,30,35). The zero-order valence-electron chi connectivity index (χ0n) is 22.9. The minimum atomic E-state index is -3.54. The van der Waals surface area contributed by atoms with E-state index < -0.39 is 15.3 Å². The Morgan fingerprint density at radius 1 is 0.974 bits per heavy atom. The molecule has 39 heavy (non-hydrogen) atoms. The highest BCUT2D eigenvalue weighted by Crippen LogP contribution is 2.32. The van der Waals surface area contributed by atoms with Gasteiger partial charge in [-0.15, -0.1) is 10.2 Å². The van der Waals surface area contributed by atoms with Crippen molar-refractivity contribution in [3.8, 4) is 0 Å². The highest BCUT2D eigenvalue weighted by atomic mass is 32.2. The Bertz CT molecular complexity index is 1620. The average molecular weight is 566 g/mol. The first kappa shape index (κ1) is 27.6. The van der Waals surface area contributed by atoms with Crippen molar-refractivity contribution in [3.05, 3.63) is 59.2 Å². The molecule has 2 aromatic heterocycles. The third kappa shape index (κ3) is 5.55. The van der Waals surface area contributed by atoms with Gasteiger partial charge >= 0.3 is 0 Å². The first-order valence-corrected chi connectivity index (χ1v) is 15.8. The quantitative estimate of drug-likeness (QED) is 0.281. The summed E-state index contributed by atoms with van der Waals surface area (Å²) in [5.74, 6) is -0.161. The van der Waals surface area contributed by atoms with E-state index >= 15 is 0 Å². The van der Waals surface area contributed by atoms with Crippen LogP contribution in [0.2, 0.25) is 0 Å². The number of anilines is 1. The summed E-state index contributed by atoms with van der Waals surface area (Å²) < 4.78 is 29.8. The van der Waals surface area contributed by atoms with E-state index in [2.05, 4.69) is 48.4 Å². The van der Waals surface area contributed by atoms with Gasteiger partial charge in [0.25, 0.3) is 0 Å². The summed E-state index contributed by atoms with van der Waals surface area (Å²) in [5, 5.41) is 13.2. The summed E-state index contributed by atoms with van der Waals surface area (Å²) >= 11 is 1.39. The summed E-state index contributed by atoms with van der Waals surface area (Å²) in [5.41, 5.74) is 5.84. The van der Waals surface area contributed by atoms with Gasteiger partial charge in [-0.25, -0.2) is 8.42 Å². The predicted octanol–water partition coefficient (Wildman–Crippen LogP) is 5.88. The normalized spacial score (nSPS) is 15.9. The topological polar surface area (TPSA) is 96.7 Å². The molecule has 0 saturated carbocycles. The molecule has 1 fully saturated rings. The molecule has 1 unspecified atom stereocenters. The van der Waals surface area contributed by atoms with Crippen molar-refractivity contribution in [2.45, 2.75) is 75.1 Å². The minimum absolute atomic E-state index is 0.161. The lowest BCUT2D eigenvalue weighted by Gasteiger charge is -2.20. The van der Waals surface area contributed by atoms with E-state index in [-0.39, 0.29) is 10.8 Å². The molecule has 1 amide bonds. The zero-order valence-corrected chi connectivity index (χ0v) is 24.5. The van der Waals surface area contributed by atoms with Crippen LogP contribution in [0.1, 0.15) is 55.7 Å². The van der Waals surface area contributed by atoms with Crippen LogP contribution in [0.3, 0.4) is 0 Å². The largest absolute Gasteiger partial charge is 0.325 e. The van der Waals surface area contributed by atoms with Gasteiger partial charge < -0.3 is 5.32 Å². The van der Waals surface area contributed by atoms with Gasteiger partial charge in [0.2, 0.25) is 15.9 Å². The van der Waals surface area contributed by atoms with E-state index in [1.807, 2.05) is 17.4 Å². The maximum absolute atomic E-state index is 13.3. The van der Waals surface area contributed by atoms with Crippen LogP contribution >= 0.6 is 11.8 Å². The van der Waals surface area contributed by atoms with Crippen LogP contribution in [0, 0.1) is 20.8 Å². The SMILES string of the molecule is CCC(Sc1nnc2cc(C)c3cc(C)cc(C)c3n12)C(=O)Nc1ccc(S(=O)(=O)N2CCCCCC2)cc1. The lowest BCUT2D eigenvalue weighted by atomic mass is 10.0. The van der Waals surface area contributed by atoms with Gasteiger partial charge in [-0.1, -0.05) is 43.2 Å². The average Bonchev–Trinajstić information content (AvgIpc) is 3.10. The number of carbonyl (C=O) groups is 1. The molecule has 1 saturated heterocycles. The molecule has 206 valence electrons. The van der Waals surface area contributed by atoms with Crippen molar-refractivity contribution in [2.24, 2.45) is 0 Å². The van der Waals surface area contributed by atoms with Crippen LogP contribution in [0.15, 0.2) is 52.5 Å². The maximum atomic E-state index is 13.3. The molecule has 5 rings (SSSR count). The minimum Gasteiger partial charge on any atom is -0.325 e. The van der Waals surface area contributed by atoms with E-state index in [1.165, 1.54) is 17.3 Å². The number of nitrogens with zero attached hydrogens (tertiary/aromatic N) is 4. The van der Waals surface area contributed by atoms with Gasteiger partial charge in [-0.3, -0.25) is 9.20 Å². The second kappa shape index (κ2) is 11.3. The zero-order chi connectivity index (χ0) is 27.7. The molecular weight excluding hydrogens is 530 g/mol. The van der Waals surface area contributed by atoms with Gasteiger partial charge in [-0.2, -0.15) is 4.31 Å². The molecule has 2 aromatic carbocycles. The van der Waals surface area contributed by atoms with E-state index in [0.717, 1.165) is 53.4 Å². The number of pyridine rings is 1. The van der Waals surface area contributed by atoms with Crippen LogP contribution in [-0.4, -0.2) is 51.6 Å². The van der Waals surface area contributed by atoms with Crippen molar-refractivity contribution in [3.63, 3.8) is 0 Å². The summed E-state index contributed by atoms with van der Waals surface area (Å²) in [6.07, 6.45) is 4.49. The fourth-order valence-corrected chi connectivity index (χ4v) is 7.79. The number of aromatic nitrogens is 3. The molecule has 3 heterocycles. The summed E-state index contributed by atoms with van der Waals surface area (Å²) in [6.45, 7) is 9.34. The second-order valence-electron chi connectivity index (χ2n) is 10.3. The Kier molecular flexibility index (Phi) is 7.98. The van der Waals surface area contributed by atoms with Crippen LogP contribution in [0.25, 0.3) is 16.6 Å².